The van der Waals surface area contributed by atoms with E-state index in [0.29, 0.717) is 39.3 Å². The lowest BCUT2D eigenvalue weighted by atomic mass is 9.90. The molecular formula is C21H28N2O6. The van der Waals surface area contributed by atoms with Crippen molar-refractivity contribution >= 4 is 17.8 Å². The number of fused-ring (bicyclic) bond motifs is 1. The van der Waals surface area contributed by atoms with Gasteiger partial charge in [0, 0.05) is 45.6 Å². The minimum Gasteiger partial charge on any atom is -0.493 e. The summed E-state index contributed by atoms with van der Waals surface area (Å²) in [7, 11) is 1.84. The third-order valence-corrected chi connectivity index (χ3v) is 5.57. The highest BCUT2D eigenvalue weighted by Gasteiger charge is 2.40. The number of rotatable bonds is 1. The van der Waals surface area contributed by atoms with Crippen molar-refractivity contribution in [2.75, 3.05) is 39.9 Å². The number of amides is 2. The Morgan fingerprint density at radius 1 is 1.14 bits per heavy atom. The van der Waals surface area contributed by atoms with Gasteiger partial charge in [-0.05, 0) is 36.6 Å². The third kappa shape index (κ3) is 5.06. The second-order valence-corrected chi connectivity index (χ2v) is 7.76. The number of nitrogens with zero attached hydrogens (tertiary/aromatic N) is 2. The predicted octanol–water partition coefficient (Wildman–Crippen LogP) is 1.57. The first kappa shape index (κ1) is 21.1. The Morgan fingerprint density at radius 3 is 2.52 bits per heavy atom. The molecule has 2 amide bonds. The van der Waals surface area contributed by atoms with Crippen LogP contribution in [0.1, 0.15) is 42.1 Å². The zero-order chi connectivity index (χ0) is 21.0. The van der Waals surface area contributed by atoms with Gasteiger partial charge in [-0.1, -0.05) is 0 Å². The van der Waals surface area contributed by atoms with E-state index in [-0.39, 0.29) is 17.4 Å². The number of likely N-dealkylation sites (N-methyl/N-ethyl adjacent to an activating group) is 1. The number of piperidine rings is 1. The van der Waals surface area contributed by atoms with Gasteiger partial charge in [0.25, 0.3) is 11.9 Å². The molecule has 1 spiro atoms. The largest absolute Gasteiger partial charge is 0.493 e. The Balaban J connectivity index is 0.000000552. The number of carboxylic acid groups (broad SMARTS) is 1. The van der Waals surface area contributed by atoms with Crippen LogP contribution in [-0.4, -0.2) is 78.2 Å². The number of hydrogen-bond donors (Lipinski definition) is 1. The highest BCUT2D eigenvalue weighted by Crippen LogP contribution is 2.31. The number of carbonyl (C=O) groups excluding carboxylic acids is 2. The number of aliphatic carboxylic acids is 1. The number of hydrogen-bond acceptors (Lipinski definition) is 5. The summed E-state index contributed by atoms with van der Waals surface area (Å²) in [5.74, 6) is 0.270. The molecule has 29 heavy (non-hydrogen) atoms. The fourth-order valence-electron chi connectivity index (χ4n) is 4.03. The van der Waals surface area contributed by atoms with Crippen molar-refractivity contribution in [3.05, 3.63) is 29.3 Å². The van der Waals surface area contributed by atoms with Crippen LogP contribution in [0.25, 0.3) is 0 Å². The Kier molecular flexibility index (Phi) is 6.42. The highest BCUT2D eigenvalue weighted by molar-refractivity contribution is 5.94. The minimum absolute atomic E-state index is 0.0719. The second kappa shape index (κ2) is 8.82. The second-order valence-electron chi connectivity index (χ2n) is 7.76. The van der Waals surface area contributed by atoms with Gasteiger partial charge in [0.2, 0.25) is 5.91 Å². The van der Waals surface area contributed by atoms with Crippen LogP contribution in [-0.2, 0) is 20.7 Å². The van der Waals surface area contributed by atoms with Crippen LogP contribution in [0.3, 0.4) is 0 Å². The van der Waals surface area contributed by atoms with Crippen LogP contribution < -0.4 is 4.74 Å². The van der Waals surface area contributed by atoms with E-state index in [1.807, 2.05) is 30.1 Å². The molecule has 3 aliphatic rings. The lowest BCUT2D eigenvalue weighted by Crippen LogP contribution is -2.52. The van der Waals surface area contributed by atoms with E-state index in [4.69, 9.17) is 19.4 Å². The van der Waals surface area contributed by atoms with Gasteiger partial charge < -0.3 is 24.4 Å². The van der Waals surface area contributed by atoms with Crippen molar-refractivity contribution in [3.63, 3.8) is 0 Å². The van der Waals surface area contributed by atoms with E-state index in [1.54, 1.807) is 4.90 Å². The molecule has 0 radical (unpaired) electrons. The lowest BCUT2D eigenvalue weighted by Gasteiger charge is -2.42. The van der Waals surface area contributed by atoms with Crippen LogP contribution in [0.4, 0.5) is 0 Å². The number of benzene rings is 1. The molecule has 1 aromatic rings. The molecule has 0 bridgehead atoms. The summed E-state index contributed by atoms with van der Waals surface area (Å²) in [5.41, 5.74) is 1.55. The topological polar surface area (TPSA) is 96.4 Å². The number of likely N-dealkylation sites (tertiary alicyclic amines) is 1. The molecule has 8 nitrogen and oxygen atoms in total. The van der Waals surface area contributed by atoms with E-state index < -0.39 is 5.97 Å². The molecule has 2 fully saturated rings. The van der Waals surface area contributed by atoms with Crippen molar-refractivity contribution in [1.29, 1.82) is 0 Å². The Labute approximate surface area is 170 Å². The number of ether oxygens (including phenoxy) is 2. The molecule has 4 rings (SSSR count). The summed E-state index contributed by atoms with van der Waals surface area (Å²) >= 11 is 0. The summed E-state index contributed by atoms with van der Waals surface area (Å²) in [6.45, 7) is 4.19. The minimum atomic E-state index is -0.833. The SMILES string of the molecule is CC(=O)O.CN1CC2(CCN(C(=O)c3ccc4c(c3)CCO4)CC2)OCCC1=O. The first-order valence-corrected chi connectivity index (χ1v) is 9.92. The van der Waals surface area contributed by atoms with Gasteiger partial charge in [-0.25, -0.2) is 0 Å². The van der Waals surface area contributed by atoms with Crippen LogP contribution in [0, 0.1) is 0 Å². The smallest absolute Gasteiger partial charge is 0.300 e. The highest BCUT2D eigenvalue weighted by atomic mass is 16.5. The van der Waals surface area contributed by atoms with Gasteiger partial charge in [-0.3, -0.25) is 14.4 Å². The van der Waals surface area contributed by atoms with Gasteiger partial charge in [0.05, 0.1) is 25.2 Å². The van der Waals surface area contributed by atoms with Gasteiger partial charge in [0.1, 0.15) is 5.75 Å². The van der Waals surface area contributed by atoms with Crippen molar-refractivity contribution in [2.24, 2.45) is 0 Å². The number of carbonyl (C=O) groups is 3. The zero-order valence-electron chi connectivity index (χ0n) is 17.0. The molecule has 1 N–H and O–H groups in total. The molecule has 0 unspecified atom stereocenters. The fraction of sp³-hybridized carbons (Fsp3) is 0.571. The number of carboxylic acids is 1. The Bertz CT molecular complexity index is 781. The average Bonchev–Trinajstić information content (AvgIpc) is 3.10. The maximum Gasteiger partial charge on any atom is 0.300 e. The van der Waals surface area contributed by atoms with Gasteiger partial charge in [0.15, 0.2) is 0 Å². The van der Waals surface area contributed by atoms with Gasteiger partial charge >= 0.3 is 0 Å². The standard InChI is InChI=1S/C19H24N2O4.C2H4O2/c1-20-13-19(25-11-5-17(20)22)6-8-21(9-7-19)18(23)15-2-3-16-14(12-15)4-10-24-16;1-2(3)4/h2-3,12H,4-11,13H2,1H3;1H3,(H,3,4). The summed E-state index contributed by atoms with van der Waals surface area (Å²) < 4.78 is 11.6. The molecule has 0 atom stereocenters. The molecule has 158 valence electrons. The van der Waals surface area contributed by atoms with Gasteiger partial charge in [-0.2, -0.15) is 0 Å². The summed E-state index contributed by atoms with van der Waals surface area (Å²) in [4.78, 5) is 37.4. The average molecular weight is 404 g/mol. The predicted molar refractivity (Wildman–Crippen MR) is 105 cm³/mol. The third-order valence-electron chi connectivity index (χ3n) is 5.57. The van der Waals surface area contributed by atoms with Crippen LogP contribution >= 0.6 is 0 Å². The molecule has 0 aromatic heterocycles. The van der Waals surface area contributed by atoms with Crippen molar-refractivity contribution < 1.29 is 29.0 Å². The quantitative estimate of drug-likeness (QED) is 0.763. The lowest BCUT2D eigenvalue weighted by molar-refractivity contribution is -0.134. The Morgan fingerprint density at radius 2 is 1.83 bits per heavy atom. The van der Waals surface area contributed by atoms with E-state index in [9.17, 15) is 9.59 Å². The first-order valence-electron chi connectivity index (χ1n) is 9.92. The summed E-state index contributed by atoms with van der Waals surface area (Å²) in [6, 6.07) is 5.71. The van der Waals surface area contributed by atoms with Crippen LogP contribution in [0.15, 0.2) is 18.2 Å². The normalized spacial score (nSPS) is 20.3. The Hall–Kier alpha value is -2.61. The molecule has 0 saturated carbocycles. The molecule has 8 heteroatoms. The van der Waals surface area contributed by atoms with Crippen molar-refractivity contribution in [1.82, 2.24) is 9.80 Å². The maximum atomic E-state index is 12.8. The molecule has 3 heterocycles. The van der Waals surface area contributed by atoms with Crippen molar-refractivity contribution in [2.45, 2.75) is 38.2 Å². The van der Waals surface area contributed by atoms with E-state index in [2.05, 4.69) is 0 Å². The first-order chi connectivity index (χ1) is 13.8. The van der Waals surface area contributed by atoms with Crippen LogP contribution in [0.2, 0.25) is 0 Å². The zero-order valence-corrected chi connectivity index (χ0v) is 17.0. The molecule has 2 saturated heterocycles. The summed E-state index contributed by atoms with van der Waals surface area (Å²) in [5, 5.41) is 7.42. The van der Waals surface area contributed by atoms with Crippen LogP contribution in [0.5, 0.6) is 5.75 Å². The fourth-order valence-corrected chi connectivity index (χ4v) is 4.03. The van der Waals surface area contributed by atoms with Crippen molar-refractivity contribution in [3.8, 4) is 5.75 Å². The monoisotopic (exact) mass is 404 g/mol. The molecule has 1 aromatic carbocycles. The van der Waals surface area contributed by atoms with E-state index in [0.717, 1.165) is 43.1 Å². The van der Waals surface area contributed by atoms with E-state index in [1.165, 1.54) is 0 Å². The molecule has 0 aliphatic carbocycles. The molecule has 3 aliphatic heterocycles. The van der Waals surface area contributed by atoms with E-state index >= 15 is 0 Å². The molecular weight excluding hydrogens is 376 g/mol. The van der Waals surface area contributed by atoms with Gasteiger partial charge in [-0.15, -0.1) is 0 Å². The summed E-state index contributed by atoms with van der Waals surface area (Å²) in [6.07, 6.45) is 2.85. The maximum absolute atomic E-state index is 12.8.